The van der Waals surface area contributed by atoms with E-state index < -0.39 is 0 Å². The molecule has 1 saturated heterocycles. The van der Waals surface area contributed by atoms with Gasteiger partial charge in [-0.15, -0.1) is 0 Å². The molecule has 5 nitrogen and oxygen atoms in total. The van der Waals surface area contributed by atoms with Crippen LogP contribution < -0.4 is 11.2 Å². The first-order valence-electron chi connectivity index (χ1n) is 6.50. The molecule has 1 aliphatic rings. The highest BCUT2D eigenvalue weighted by molar-refractivity contribution is 5.77. The highest BCUT2D eigenvalue weighted by Crippen LogP contribution is 2.17. The monoisotopic (exact) mass is 259 g/mol. The average molecular weight is 259 g/mol. The van der Waals surface area contributed by atoms with Crippen molar-refractivity contribution in [1.82, 2.24) is 14.5 Å². The second-order valence-corrected chi connectivity index (χ2v) is 5.36. The number of benzene rings is 1. The summed E-state index contributed by atoms with van der Waals surface area (Å²) < 4.78 is 1.38. The van der Waals surface area contributed by atoms with Crippen molar-refractivity contribution in [1.29, 1.82) is 0 Å². The first-order chi connectivity index (χ1) is 9.06. The molecule has 0 saturated carbocycles. The van der Waals surface area contributed by atoms with Gasteiger partial charge in [-0.1, -0.05) is 6.07 Å². The van der Waals surface area contributed by atoms with Crippen LogP contribution in [0, 0.1) is 6.92 Å². The van der Waals surface area contributed by atoms with Crippen molar-refractivity contribution in [3.8, 4) is 0 Å². The fraction of sp³-hybridized carbons (Fsp3) is 0.429. The molecular weight excluding hydrogens is 242 g/mol. The molecular formula is C14H17N3O2. The van der Waals surface area contributed by atoms with Gasteiger partial charge in [-0.05, 0) is 44.6 Å². The zero-order valence-corrected chi connectivity index (χ0v) is 11.1. The minimum absolute atomic E-state index is 0.0213. The number of nitrogens with one attached hydrogen (secondary N) is 1. The minimum Gasteiger partial charge on any atom is -0.307 e. The van der Waals surface area contributed by atoms with Crippen LogP contribution in [0.1, 0.15) is 18.0 Å². The van der Waals surface area contributed by atoms with Gasteiger partial charge in [0.2, 0.25) is 0 Å². The SMILES string of the molecule is Cc1ccc2c(=O)n(C3CCN(C)C3)c(=O)[nH]c2c1. The van der Waals surface area contributed by atoms with Crippen molar-refractivity contribution in [2.24, 2.45) is 0 Å². The summed E-state index contributed by atoms with van der Waals surface area (Å²) in [5.41, 5.74) is 1.17. The molecule has 3 rings (SSSR count). The maximum absolute atomic E-state index is 12.5. The molecule has 100 valence electrons. The lowest BCUT2D eigenvalue weighted by molar-refractivity contribution is 0.386. The lowest BCUT2D eigenvalue weighted by Gasteiger charge is -2.13. The Morgan fingerprint density at radius 3 is 2.79 bits per heavy atom. The summed E-state index contributed by atoms with van der Waals surface area (Å²) in [6, 6.07) is 5.50. The first-order valence-corrected chi connectivity index (χ1v) is 6.50. The van der Waals surface area contributed by atoms with E-state index in [9.17, 15) is 9.59 Å². The highest BCUT2D eigenvalue weighted by Gasteiger charge is 2.24. The van der Waals surface area contributed by atoms with Crippen molar-refractivity contribution in [2.45, 2.75) is 19.4 Å². The predicted molar refractivity (Wildman–Crippen MR) is 74.7 cm³/mol. The molecule has 5 heteroatoms. The number of rotatable bonds is 1. The predicted octanol–water partition coefficient (Wildman–Crippen LogP) is 0.875. The standard InChI is InChI=1S/C14H17N3O2/c1-9-3-4-11-12(7-9)15-14(19)17(13(11)18)10-5-6-16(2)8-10/h3-4,7,10H,5-6,8H2,1-2H3,(H,15,19). The number of fused-ring (bicyclic) bond motifs is 1. The summed E-state index contributed by atoms with van der Waals surface area (Å²) in [5.74, 6) is 0. The van der Waals surface area contributed by atoms with Crippen LogP contribution in [-0.2, 0) is 0 Å². The summed E-state index contributed by atoms with van der Waals surface area (Å²) >= 11 is 0. The molecule has 2 heterocycles. The molecule has 1 atom stereocenters. The van der Waals surface area contributed by atoms with Gasteiger partial charge in [0, 0.05) is 6.54 Å². The number of aromatic nitrogens is 2. The molecule has 1 aromatic heterocycles. The molecule has 0 aliphatic carbocycles. The second kappa shape index (κ2) is 4.35. The molecule has 0 radical (unpaired) electrons. The molecule has 1 fully saturated rings. The van der Waals surface area contributed by atoms with E-state index in [0.717, 1.165) is 25.1 Å². The van der Waals surface area contributed by atoms with Crippen LogP contribution in [0.3, 0.4) is 0 Å². The summed E-state index contributed by atoms with van der Waals surface area (Å²) in [6.07, 6.45) is 0.844. The van der Waals surface area contributed by atoms with Crippen LogP contribution in [0.15, 0.2) is 27.8 Å². The molecule has 1 aromatic carbocycles. The van der Waals surface area contributed by atoms with Crippen LogP contribution in [0.2, 0.25) is 0 Å². The van der Waals surface area contributed by atoms with E-state index in [-0.39, 0.29) is 17.3 Å². The van der Waals surface area contributed by atoms with E-state index in [1.54, 1.807) is 6.07 Å². The van der Waals surface area contributed by atoms with Gasteiger partial charge >= 0.3 is 5.69 Å². The number of hydrogen-bond acceptors (Lipinski definition) is 3. The lowest BCUT2D eigenvalue weighted by Crippen LogP contribution is -2.38. The van der Waals surface area contributed by atoms with E-state index in [4.69, 9.17) is 0 Å². The fourth-order valence-electron chi connectivity index (χ4n) is 2.80. The van der Waals surface area contributed by atoms with Crippen LogP contribution in [0.4, 0.5) is 0 Å². The number of hydrogen-bond donors (Lipinski definition) is 1. The third-order valence-electron chi connectivity index (χ3n) is 3.82. The maximum atomic E-state index is 12.5. The quantitative estimate of drug-likeness (QED) is 0.827. The molecule has 19 heavy (non-hydrogen) atoms. The second-order valence-electron chi connectivity index (χ2n) is 5.36. The number of likely N-dealkylation sites (tertiary alicyclic amines) is 1. The normalized spacial score (nSPS) is 20.2. The third kappa shape index (κ3) is 2.00. The number of nitrogens with zero attached hydrogens (tertiary/aromatic N) is 2. The number of aromatic amines is 1. The van der Waals surface area contributed by atoms with Gasteiger partial charge in [-0.25, -0.2) is 4.79 Å². The summed E-state index contributed by atoms with van der Waals surface area (Å²) in [6.45, 7) is 3.61. The largest absolute Gasteiger partial charge is 0.329 e. The Morgan fingerprint density at radius 2 is 2.11 bits per heavy atom. The Balaban J connectivity index is 2.23. The van der Waals surface area contributed by atoms with E-state index in [1.165, 1.54) is 4.57 Å². The third-order valence-corrected chi connectivity index (χ3v) is 3.82. The fourth-order valence-corrected chi connectivity index (χ4v) is 2.80. The Labute approximate surface area is 110 Å². The Hall–Kier alpha value is -1.88. The Kier molecular flexibility index (Phi) is 2.78. The molecule has 0 bridgehead atoms. The maximum Gasteiger partial charge on any atom is 0.329 e. The van der Waals surface area contributed by atoms with Crippen molar-refractivity contribution in [3.05, 3.63) is 44.6 Å². The van der Waals surface area contributed by atoms with Crippen LogP contribution >= 0.6 is 0 Å². The smallest absolute Gasteiger partial charge is 0.307 e. The van der Waals surface area contributed by atoms with E-state index in [0.29, 0.717) is 10.9 Å². The van der Waals surface area contributed by atoms with Crippen molar-refractivity contribution in [2.75, 3.05) is 20.1 Å². The molecule has 0 amide bonds. The molecule has 0 spiro atoms. The summed E-state index contributed by atoms with van der Waals surface area (Å²) in [4.78, 5) is 29.6. The first kappa shape index (κ1) is 12.2. The van der Waals surface area contributed by atoms with Gasteiger partial charge < -0.3 is 9.88 Å². The zero-order valence-electron chi connectivity index (χ0n) is 11.1. The summed E-state index contributed by atoms with van der Waals surface area (Å²) in [7, 11) is 2.00. The number of aryl methyl sites for hydroxylation is 1. The average Bonchev–Trinajstić information content (AvgIpc) is 2.75. The van der Waals surface area contributed by atoms with Gasteiger partial charge in [-0.2, -0.15) is 0 Å². The van der Waals surface area contributed by atoms with Crippen molar-refractivity contribution < 1.29 is 0 Å². The molecule has 1 unspecified atom stereocenters. The van der Waals surface area contributed by atoms with Crippen molar-refractivity contribution in [3.63, 3.8) is 0 Å². The molecule has 2 aromatic rings. The van der Waals surface area contributed by atoms with Crippen molar-refractivity contribution >= 4 is 10.9 Å². The summed E-state index contributed by atoms with van der Waals surface area (Å²) in [5, 5.41) is 0.583. The van der Waals surface area contributed by atoms with E-state index >= 15 is 0 Å². The lowest BCUT2D eigenvalue weighted by atomic mass is 10.1. The van der Waals surface area contributed by atoms with E-state index in [1.807, 2.05) is 26.1 Å². The number of H-pyrrole nitrogens is 1. The topological polar surface area (TPSA) is 58.1 Å². The van der Waals surface area contributed by atoms with Gasteiger partial charge in [0.25, 0.3) is 5.56 Å². The van der Waals surface area contributed by atoms with Gasteiger partial charge in [0.15, 0.2) is 0 Å². The van der Waals surface area contributed by atoms with Crippen LogP contribution in [0.5, 0.6) is 0 Å². The van der Waals surface area contributed by atoms with Gasteiger partial charge in [0.05, 0.1) is 16.9 Å². The Bertz CT molecular complexity index is 744. The van der Waals surface area contributed by atoms with Crippen LogP contribution in [-0.4, -0.2) is 34.6 Å². The molecule has 1 N–H and O–H groups in total. The van der Waals surface area contributed by atoms with E-state index in [2.05, 4.69) is 9.88 Å². The Morgan fingerprint density at radius 1 is 1.32 bits per heavy atom. The highest BCUT2D eigenvalue weighted by atomic mass is 16.2. The van der Waals surface area contributed by atoms with Crippen LogP contribution in [0.25, 0.3) is 10.9 Å². The van der Waals surface area contributed by atoms with Gasteiger partial charge in [0.1, 0.15) is 0 Å². The minimum atomic E-state index is -0.302. The van der Waals surface area contributed by atoms with Gasteiger partial charge in [-0.3, -0.25) is 9.36 Å². The number of likely N-dealkylation sites (N-methyl/N-ethyl adjacent to an activating group) is 1. The molecule has 1 aliphatic heterocycles. The zero-order chi connectivity index (χ0) is 13.6.